The molecular formula is C23H23F2N3O. The molecule has 2 aliphatic heterocycles. The summed E-state index contributed by atoms with van der Waals surface area (Å²) in [7, 11) is 0. The van der Waals surface area contributed by atoms with E-state index in [1.807, 2.05) is 24.0 Å². The van der Waals surface area contributed by atoms with Crippen LogP contribution < -0.4 is 0 Å². The van der Waals surface area contributed by atoms with E-state index < -0.39 is 5.92 Å². The summed E-state index contributed by atoms with van der Waals surface area (Å²) < 4.78 is 27.1. The number of carbonyl (C=O) groups excluding carboxylic acids is 1. The number of aryl methyl sites for hydroxylation is 1. The molecule has 5 rings (SSSR count). The summed E-state index contributed by atoms with van der Waals surface area (Å²) in [6.45, 7) is 3.08. The van der Waals surface area contributed by atoms with Crippen molar-refractivity contribution in [3.63, 3.8) is 0 Å². The maximum atomic E-state index is 13.5. The number of aromatic nitrogens is 1. The van der Waals surface area contributed by atoms with Crippen molar-refractivity contribution >= 4 is 11.6 Å². The van der Waals surface area contributed by atoms with Crippen LogP contribution in [0.5, 0.6) is 0 Å². The minimum absolute atomic E-state index is 0.0524. The highest BCUT2D eigenvalue weighted by Gasteiger charge is 2.39. The highest BCUT2D eigenvalue weighted by atomic mass is 19.3. The lowest BCUT2D eigenvalue weighted by Crippen LogP contribution is -2.46. The van der Waals surface area contributed by atoms with Gasteiger partial charge in [-0.15, -0.1) is 0 Å². The number of nitrogens with zero attached hydrogens (tertiary/aromatic N) is 3. The zero-order chi connectivity index (χ0) is 20.2. The Balaban J connectivity index is 1.43. The van der Waals surface area contributed by atoms with Crippen LogP contribution in [-0.4, -0.2) is 33.5 Å². The molecule has 1 aromatic heterocycles. The second-order valence-electron chi connectivity index (χ2n) is 8.41. The van der Waals surface area contributed by atoms with Crippen LogP contribution in [0.15, 0.2) is 35.5 Å². The van der Waals surface area contributed by atoms with Gasteiger partial charge in [-0.3, -0.25) is 14.8 Å². The average molecular weight is 395 g/mol. The fourth-order valence-electron chi connectivity index (χ4n) is 4.80. The lowest BCUT2D eigenvalue weighted by Gasteiger charge is -2.39. The number of hydrogen-bond acceptors (Lipinski definition) is 3. The van der Waals surface area contributed by atoms with E-state index >= 15 is 0 Å². The fourth-order valence-corrected chi connectivity index (χ4v) is 4.80. The summed E-state index contributed by atoms with van der Waals surface area (Å²) >= 11 is 0. The monoisotopic (exact) mass is 395 g/mol. The van der Waals surface area contributed by atoms with E-state index in [1.54, 1.807) is 6.20 Å². The van der Waals surface area contributed by atoms with Gasteiger partial charge in [0, 0.05) is 48.4 Å². The number of benzene rings is 1. The van der Waals surface area contributed by atoms with Gasteiger partial charge in [0.1, 0.15) is 0 Å². The standard InChI is InChI=1S/C23H23F2N3O/c1-14-8-15(4-7-26-14)22-20-10-18-13-28(19-2-5-23(24,25)6-3-19)21(29)11-16(18)9-17(20)12-27-22/h4,7-10,19H,2-3,5-6,11-13H2,1H3. The molecule has 29 heavy (non-hydrogen) atoms. The number of pyridine rings is 1. The molecule has 1 saturated carbocycles. The first-order valence-corrected chi connectivity index (χ1v) is 10.2. The van der Waals surface area contributed by atoms with Crippen molar-refractivity contribution in [2.24, 2.45) is 4.99 Å². The smallest absolute Gasteiger partial charge is 0.248 e. The van der Waals surface area contributed by atoms with Crippen molar-refractivity contribution in [1.29, 1.82) is 0 Å². The third-order valence-corrected chi connectivity index (χ3v) is 6.39. The first kappa shape index (κ1) is 18.4. The predicted molar refractivity (Wildman–Crippen MR) is 106 cm³/mol. The molecule has 6 heteroatoms. The van der Waals surface area contributed by atoms with Gasteiger partial charge in [0.05, 0.1) is 18.7 Å². The summed E-state index contributed by atoms with van der Waals surface area (Å²) in [4.78, 5) is 23.6. The first-order chi connectivity index (χ1) is 13.9. The highest BCUT2D eigenvalue weighted by Crippen LogP contribution is 2.37. The highest BCUT2D eigenvalue weighted by molar-refractivity contribution is 6.15. The maximum absolute atomic E-state index is 13.5. The third-order valence-electron chi connectivity index (χ3n) is 6.39. The molecule has 2 aromatic rings. The van der Waals surface area contributed by atoms with Gasteiger partial charge in [-0.2, -0.15) is 0 Å². The third kappa shape index (κ3) is 3.34. The molecule has 1 fully saturated rings. The topological polar surface area (TPSA) is 45.6 Å². The van der Waals surface area contributed by atoms with Crippen LogP contribution in [0.1, 0.15) is 59.2 Å². The Hall–Kier alpha value is -2.63. The molecule has 0 radical (unpaired) electrons. The molecule has 1 amide bonds. The largest absolute Gasteiger partial charge is 0.335 e. The van der Waals surface area contributed by atoms with Gasteiger partial charge < -0.3 is 4.90 Å². The lowest BCUT2D eigenvalue weighted by molar-refractivity contribution is -0.137. The number of amides is 1. The van der Waals surface area contributed by atoms with E-state index in [1.165, 1.54) is 0 Å². The van der Waals surface area contributed by atoms with Crippen molar-refractivity contribution in [1.82, 2.24) is 9.88 Å². The number of carbonyl (C=O) groups is 1. The molecule has 4 nitrogen and oxygen atoms in total. The van der Waals surface area contributed by atoms with Crippen LogP contribution in [-0.2, 0) is 24.3 Å². The van der Waals surface area contributed by atoms with Crippen molar-refractivity contribution < 1.29 is 13.6 Å². The summed E-state index contributed by atoms with van der Waals surface area (Å²) in [6.07, 6.45) is 2.64. The second-order valence-corrected chi connectivity index (χ2v) is 8.41. The Labute approximate surface area is 168 Å². The lowest BCUT2D eigenvalue weighted by atomic mass is 9.87. The van der Waals surface area contributed by atoms with E-state index in [2.05, 4.69) is 17.1 Å². The van der Waals surface area contributed by atoms with Crippen LogP contribution in [0.25, 0.3) is 0 Å². The zero-order valence-electron chi connectivity index (χ0n) is 16.4. The van der Waals surface area contributed by atoms with E-state index in [4.69, 9.17) is 4.99 Å². The SMILES string of the molecule is Cc1cc(C2=NCc3cc4c(cc32)CN(C2CCC(F)(F)CC2)C(=O)C4)ccn1. The molecular weight excluding hydrogens is 372 g/mol. The molecule has 3 aliphatic rings. The quantitative estimate of drug-likeness (QED) is 0.765. The Morgan fingerprint density at radius 1 is 1.10 bits per heavy atom. The van der Waals surface area contributed by atoms with E-state index in [9.17, 15) is 13.6 Å². The van der Waals surface area contributed by atoms with Crippen LogP contribution >= 0.6 is 0 Å². The Kier molecular flexibility index (Phi) is 4.26. The van der Waals surface area contributed by atoms with Crippen molar-refractivity contribution in [2.45, 2.75) is 64.1 Å². The average Bonchev–Trinajstić information content (AvgIpc) is 3.09. The Bertz CT molecular complexity index is 1020. The van der Waals surface area contributed by atoms with E-state index in [0.717, 1.165) is 39.2 Å². The summed E-state index contributed by atoms with van der Waals surface area (Å²) in [5.74, 6) is -2.53. The molecule has 0 atom stereocenters. The molecule has 3 heterocycles. The van der Waals surface area contributed by atoms with Gasteiger partial charge in [0.25, 0.3) is 0 Å². The molecule has 0 saturated heterocycles. The van der Waals surface area contributed by atoms with Gasteiger partial charge in [-0.05, 0) is 54.7 Å². The van der Waals surface area contributed by atoms with Gasteiger partial charge in [0.15, 0.2) is 0 Å². The minimum atomic E-state index is -2.58. The van der Waals surface area contributed by atoms with Crippen LogP contribution in [0.2, 0.25) is 0 Å². The van der Waals surface area contributed by atoms with Gasteiger partial charge in [-0.1, -0.05) is 6.07 Å². The minimum Gasteiger partial charge on any atom is -0.335 e. The van der Waals surface area contributed by atoms with Gasteiger partial charge in [-0.25, -0.2) is 8.78 Å². The Morgan fingerprint density at radius 2 is 1.90 bits per heavy atom. The number of fused-ring (bicyclic) bond motifs is 2. The second kappa shape index (κ2) is 6.71. The van der Waals surface area contributed by atoms with Gasteiger partial charge in [0.2, 0.25) is 11.8 Å². The summed E-state index contributed by atoms with van der Waals surface area (Å²) in [5, 5.41) is 0. The number of hydrogen-bond donors (Lipinski definition) is 0. The fraction of sp³-hybridized carbons (Fsp3) is 0.435. The molecule has 150 valence electrons. The normalized spacial score (nSPS) is 21.0. The molecule has 1 aromatic carbocycles. The van der Waals surface area contributed by atoms with Crippen LogP contribution in [0, 0.1) is 6.92 Å². The van der Waals surface area contributed by atoms with Crippen LogP contribution in [0.4, 0.5) is 8.78 Å². The molecule has 0 N–H and O–H groups in total. The first-order valence-electron chi connectivity index (χ1n) is 10.2. The summed E-state index contributed by atoms with van der Waals surface area (Å²) in [5.41, 5.74) is 7.38. The van der Waals surface area contributed by atoms with Crippen molar-refractivity contribution in [2.75, 3.05) is 0 Å². The number of alkyl halides is 2. The van der Waals surface area contributed by atoms with Crippen molar-refractivity contribution in [3.05, 3.63) is 64.0 Å². The number of halogens is 2. The molecule has 0 bridgehead atoms. The van der Waals surface area contributed by atoms with E-state index in [0.29, 0.717) is 32.4 Å². The molecule has 1 aliphatic carbocycles. The maximum Gasteiger partial charge on any atom is 0.248 e. The van der Waals surface area contributed by atoms with Crippen molar-refractivity contribution in [3.8, 4) is 0 Å². The zero-order valence-corrected chi connectivity index (χ0v) is 16.4. The van der Waals surface area contributed by atoms with Gasteiger partial charge >= 0.3 is 0 Å². The molecule has 0 spiro atoms. The number of rotatable bonds is 2. The van der Waals surface area contributed by atoms with Crippen LogP contribution in [0.3, 0.4) is 0 Å². The van der Waals surface area contributed by atoms with E-state index in [-0.39, 0.29) is 24.8 Å². The summed E-state index contributed by atoms with van der Waals surface area (Å²) in [6, 6.07) is 8.19. The number of aliphatic imine (C=N–C) groups is 1. The predicted octanol–water partition coefficient (Wildman–Crippen LogP) is 4.20. The molecule has 0 unspecified atom stereocenters. The Morgan fingerprint density at radius 3 is 2.66 bits per heavy atom.